The summed E-state index contributed by atoms with van der Waals surface area (Å²) in [5, 5.41) is 0.781. The van der Waals surface area contributed by atoms with Gasteiger partial charge in [-0.2, -0.15) is 0 Å². The number of ether oxygens (including phenoxy) is 1. The van der Waals surface area contributed by atoms with Gasteiger partial charge in [-0.1, -0.05) is 18.2 Å². The third kappa shape index (κ3) is 6.02. The Kier molecular flexibility index (Phi) is 6.80. The van der Waals surface area contributed by atoms with E-state index < -0.39 is 5.54 Å². The van der Waals surface area contributed by atoms with Crippen LogP contribution in [-0.4, -0.2) is 33.8 Å². The van der Waals surface area contributed by atoms with Crippen LogP contribution in [0.2, 0.25) is 0 Å². The third-order valence-corrected chi connectivity index (χ3v) is 3.57. The van der Waals surface area contributed by atoms with Gasteiger partial charge in [0.05, 0.1) is 6.61 Å². The van der Waals surface area contributed by atoms with Gasteiger partial charge in [0, 0.05) is 18.1 Å². The maximum Gasteiger partial charge on any atom is 0.325 e. The Balaban J connectivity index is 2.18. The molecule has 0 saturated heterocycles. The fraction of sp³-hybridized carbons (Fsp3) is 0.615. The molecule has 19 heavy (non-hydrogen) atoms. The zero-order valence-electron chi connectivity index (χ0n) is 11.5. The first-order valence-corrected chi connectivity index (χ1v) is 7.40. The van der Waals surface area contributed by atoms with E-state index in [1.165, 1.54) is 0 Å². The summed E-state index contributed by atoms with van der Waals surface area (Å²) >= 11 is 1.61. The first-order chi connectivity index (χ1) is 9.06. The fourth-order valence-corrected chi connectivity index (χ4v) is 2.32. The van der Waals surface area contributed by atoms with Crippen molar-refractivity contribution >= 4 is 17.7 Å². The van der Waals surface area contributed by atoms with Crippen molar-refractivity contribution in [1.29, 1.82) is 0 Å². The number of hydrogen-bond acceptors (Lipinski definition) is 6. The molecular formula is C13H21N3O2S. The van der Waals surface area contributed by atoms with Crippen LogP contribution in [0.25, 0.3) is 0 Å². The minimum atomic E-state index is -0.885. The Bertz CT molecular complexity index is 385. The first kappa shape index (κ1) is 15.9. The van der Waals surface area contributed by atoms with Crippen LogP contribution in [0.15, 0.2) is 23.6 Å². The number of hydrogen-bond donors (Lipinski definition) is 1. The molecule has 0 aliphatic heterocycles. The van der Waals surface area contributed by atoms with Crippen molar-refractivity contribution in [3.63, 3.8) is 0 Å². The Morgan fingerprint density at radius 3 is 2.74 bits per heavy atom. The minimum Gasteiger partial charge on any atom is -0.465 e. The number of carbonyl (C=O) groups excluding carboxylic acids is 1. The minimum absolute atomic E-state index is 0.325. The second-order valence-corrected chi connectivity index (χ2v) is 5.54. The van der Waals surface area contributed by atoms with Crippen molar-refractivity contribution < 1.29 is 9.53 Å². The Morgan fingerprint density at radius 1 is 1.42 bits per heavy atom. The molecular weight excluding hydrogens is 262 g/mol. The second kappa shape index (κ2) is 8.12. The zero-order chi connectivity index (χ0) is 14.1. The van der Waals surface area contributed by atoms with E-state index in [-0.39, 0.29) is 5.97 Å². The number of nitrogens with two attached hydrogens (primary N) is 1. The van der Waals surface area contributed by atoms with Crippen LogP contribution in [0, 0.1) is 0 Å². The molecule has 1 unspecified atom stereocenters. The number of nitrogens with zero attached hydrogens (tertiary/aromatic N) is 2. The SMILES string of the molecule is CCOC(=O)C(C)(N)CCCCSc1ncccn1. The largest absolute Gasteiger partial charge is 0.465 e. The van der Waals surface area contributed by atoms with Crippen LogP contribution in [0.5, 0.6) is 0 Å². The van der Waals surface area contributed by atoms with Crippen molar-refractivity contribution in [2.24, 2.45) is 5.73 Å². The normalized spacial score (nSPS) is 13.8. The van der Waals surface area contributed by atoms with E-state index in [4.69, 9.17) is 10.5 Å². The molecule has 0 bridgehead atoms. The van der Waals surface area contributed by atoms with Crippen LogP contribution < -0.4 is 5.73 Å². The quantitative estimate of drug-likeness (QED) is 0.340. The summed E-state index contributed by atoms with van der Waals surface area (Å²) in [7, 11) is 0. The lowest BCUT2D eigenvalue weighted by molar-refractivity contribution is -0.149. The molecule has 1 rings (SSSR count). The number of rotatable bonds is 8. The van der Waals surface area contributed by atoms with Crippen LogP contribution in [0.3, 0.4) is 0 Å². The van der Waals surface area contributed by atoms with Gasteiger partial charge in [0.25, 0.3) is 0 Å². The summed E-state index contributed by atoms with van der Waals surface area (Å²) in [6.07, 6.45) is 5.93. The lowest BCUT2D eigenvalue weighted by Crippen LogP contribution is -2.46. The van der Waals surface area contributed by atoms with E-state index in [0.717, 1.165) is 23.8 Å². The van der Waals surface area contributed by atoms with Gasteiger partial charge in [-0.3, -0.25) is 4.79 Å². The van der Waals surface area contributed by atoms with E-state index in [2.05, 4.69) is 9.97 Å². The van der Waals surface area contributed by atoms with E-state index in [1.54, 1.807) is 44.1 Å². The molecule has 1 heterocycles. The highest BCUT2D eigenvalue weighted by Crippen LogP contribution is 2.17. The van der Waals surface area contributed by atoms with Crippen LogP contribution in [-0.2, 0) is 9.53 Å². The third-order valence-electron chi connectivity index (χ3n) is 2.61. The molecule has 0 spiro atoms. The lowest BCUT2D eigenvalue weighted by Gasteiger charge is -2.21. The average molecular weight is 283 g/mol. The summed E-state index contributed by atoms with van der Waals surface area (Å²) in [5.41, 5.74) is 5.05. The van der Waals surface area contributed by atoms with Gasteiger partial charge in [0.2, 0.25) is 0 Å². The van der Waals surface area contributed by atoms with Gasteiger partial charge in [-0.05, 0) is 32.8 Å². The van der Waals surface area contributed by atoms with E-state index in [9.17, 15) is 4.79 Å². The maximum atomic E-state index is 11.6. The molecule has 0 aliphatic rings. The zero-order valence-corrected chi connectivity index (χ0v) is 12.3. The van der Waals surface area contributed by atoms with Crippen molar-refractivity contribution in [3.8, 4) is 0 Å². The Labute approximate surface area is 118 Å². The van der Waals surface area contributed by atoms with Crippen molar-refractivity contribution in [3.05, 3.63) is 18.5 Å². The Hall–Kier alpha value is -1.14. The monoisotopic (exact) mass is 283 g/mol. The number of thioether (sulfide) groups is 1. The summed E-state index contributed by atoms with van der Waals surface area (Å²) < 4.78 is 4.94. The summed E-state index contributed by atoms with van der Waals surface area (Å²) in [4.78, 5) is 19.8. The molecule has 6 heteroatoms. The molecule has 0 saturated carbocycles. The van der Waals surface area contributed by atoms with Crippen LogP contribution >= 0.6 is 11.8 Å². The molecule has 1 aromatic rings. The second-order valence-electron chi connectivity index (χ2n) is 4.47. The van der Waals surface area contributed by atoms with E-state index in [0.29, 0.717) is 13.0 Å². The van der Waals surface area contributed by atoms with Crippen molar-refractivity contribution in [1.82, 2.24) is 9.97 Å². The van der Waals surface area contributed by atoms with Gasteiger partial charge < -0.3 is 10.5 Å². The van der Waals surface area contributed by atoms with Gasteiger partial charge in [0.15, 0.2) is 5.16 Å². The molecule has 0 amide bonds. The summed E-state index contributed by atoms with van der Waals surface area (Å²) in [5.74, 6) is 0.595. The molecule has 2 N–H and O–H groups in total. The highest BCUT2D eigenvalue weighted by molar-refractivity contribution is 7.99. The highest BCUT2D eigenvalue weighted by Gasteiger charge is 2.28. The summed E-state index contributed by atoms with van der Waals surface area (Å²) in [6.45, 7) is 3.87. The molecule has 1 aromatic heterocycles. The fourth-order valence-electron chi connectivity index (χ4n) is 1.52. The van der Waals surface area contributed by atoms with Crippen LogP contribution in [0.4, 0.5) is 0 Å². The first-order valence-electron chi connectivity index (χ1n) is 6.42. The summed E-state index contributed by atoms with van der Waals surface area (Å²) in [6, 6.07) is 1.79. The number of carbonyl (C=O) groups is 1. The molecule has 0 aliphatic carbocycles. The maximum absolute atomic E-state index is 11.6. The predicted molar refractivity (Wildman–Crippen MR) is 75.8 cm³/mol. The number of aromatic nitrogens is 2. The van der Waals surface area contributed by atoms with Gasteiger partial charge in [-0.25, -0.2) is 9.97 Å². The van der Waals surface area contributed by atoms with Crippen LogP contribution in [0.1, 0.15) is 33.1 Å². The van der Waals surface area contributed by atoms with Gasteiger partial charge >= 0.3 is 5.97 Å². The van der Waals surface area contributed by atoms with E-state index >= 15 is 0 Å². The lowest BCUT2D eigenvalue weighted by atomic mass is 9.96. The molecule has 0 fully saturated rings. The van der Waals surface area contributed by atoms with E-state index in [1.807, 2.05) is 0 Å². The topological polar surface area (TPSA) is 78.1 Å². The standard InChI is InChI=1S/C13H21N3O2S/c1-3-18-11(17)13(2,14)7-4-5-10-19-12-15-8-6-9-16-12/h6,8-9H,3-5,7,10,14H2,1-2H3. The van der Waals surface area contributed by atoms with Crippen molar-refractivity contribution in [2.75, 3.05) is 12.4 Å². The number of unbranched alkanes of at least 4 members (excludes halogenated alkanes) is 1. The molecule has 0 aromatic carbocycles. The molecule has 5 nitrogen and oxygen atoms in total. The Morgan fingerprint density at radius 2 is 2.11 bits per heavy atom. The predicted octanol–water partition coefficient (Wildman–Crippen LogP) is 2.02. The molecule has 0 radical (unpaired) electrons. The smallest absolute Gasteiger partial charge is 0.325 e. The average Bonchev–Trinajstić information content (AvgIpc) is 2.39. The molecule has 1 atom stereocenters. The van der Waals surface area contributed by atoms with Gasteiger partial charge in [0.1, 0.15) is 5.54 Å². The van der Waals surface area contributed by atoms with Gasteiger partial charge in [-0.15, -0.1) is 0 Å². The van der Waals surface area contributed by atoms with Crippen molar-refractivity contribution in [2.45, 2.75) is 43.8 Å². The highest BCUT2D eigenvalue weighted by atomic mass is 32.2. The number of esters is 1. The molecule has 106 valence electrons.